The van der Waals surface area contributed by atoms with Crippen molar-refractivity contribution in [1.29, 1.82) is 0 Å². The predicted molar refractivity (Wildman–Crippen MR) is 80.8 cm³/mol. The first-order chi connectivity index (χ1) is 10.1. The summed E-state index contributed by atoms with van der Waals surface area (Å²) >= 11 is 0. The van der Waals surface area contributed by atoms with E-state index in [9.17, 15) is 9.90 Å². The fourth-order valence-electron chi connectivity index (χ4n) is 2.20. The van der Waals surface area contributed by atoms with Crippen molar-refractivity contribution in [3.63, 3.8) is 0 Å². The van der Waals surface area contributed by atoms with Gasteiger partial charge in [-0.15, -0.1) is 0 Å². The molecule has 0 radical (unpaired) electrons. The zero-order chi connectivity index (χ0) is 15.2. The lowest BCUT2D eigenvalue weighted by Gasteiger charge is -2.22. The second-order valence-corrected chi connectivity index (χ2v) is 5.16. The van der Waals surface area contributed by atoms with Gasteiger partial charge in [0.05, 0.1) is 6.20 Å². The second-order valence-electron chi connectivity index (χ2n) is 5.16. The number of para-hydroxylation sites is 1. The molecule has 1 N–H and O–H groups in total. The number of aromatic hydroxyl groups is 1. The van der Waals surface area contributed by atoms with Crippen molar-refractivity contribution < 1.29 is 9.90 Å². The van der Waals surface area contributed by atoms with Crippen molar-refractivity contribution in [3.05, 3.63) is 47.8 Å². The number of amides is 1. The van der Waals surface area contributed by atoms with Gasteiger partial charge in [0, 0.05) is 24.8 Å². The smallest absolute Gasteiger partial charge is 0.244 e. The minimum Gasteiger partial charge on any atom is -0.508 e. The quantitative estimate of drug-likeness (QED) is 0.887. The molecular formula is C16H21N3O2. The van der Waals surface area contributed by atoms with Gasteiger partial charge in [-0.25, -0.2) is 0 Å². The van der Waals surface area contributed by atoms with Gasteiger partial charge in [-0.2, -0.15) is 5.10 Å². The van der Waals surface area contributed by atoms with Crippen LogP contribution >= 0.6 is 0 Å². The number of carbonyl (C=O) groups is 1. The molecule has 5 nitrogen and oxygen atoms in total. The fraction of sp³-hybridized carbons (Fsp3) is 0.375. The van der Waals surface area contributed by atoms with Crippen LogP contribution in [0.3, 0.4) is 0 Å². The van der Waals surface area contributed by atoms with Crippen molar-refractivity contribution in [2.45, 2.75) is 33.4 Å². The van der Waals surface area contributed by atoms with Crippen LogP contribution in [0.1, 0.15) is 24.5 Å². The van der Waals surface area contributed by atoms with Crippen LogP contribution in [-0.4, -0.2) is 32.2 Å². The Kier molecular flexibility index (Phi) is 4.98. The normalized spacial score (nSPS) is 10.6. The molecule has 1 aromatic carbocycles. The van der Waals surface area contributed by atoms with Gasteiger partial charge in [-0.05, 0) is 25.0 Å². The summed E-state index contributed by atoms with van der Waals surface area (Å²) in [5.74, 6) is 0.226. The maximum Gasteiger partial charge on any atom is 0.244 e. The number of rotatable bonds is 6. The Morgan fingerprint density at radius 2 is 2.14 bits per heavy atom. The molecule has 0 aliphatic heterocycles. The summed E-state index contributed by atoms with van der Waals surface area (Å²) in [5.41, 5.74) is 1.79. The molecule has 0 spiro atoms. The Labute approximate surface area is 124 Å². The van der Waals surface area contributed by atoms with Crippen molar-refractivity contribution >= 4 is 5.91 Å². The summed E-state index contributed by atoms with van der Waals surface area (Å²) in [6, 6.07) is 7.11. The maximum atomic E-state index is 12.4. The molecule has 21 heavy (non-hydrogen) atoms. The molecule has 0 aliphatic rings. The van der Waals surface area contributed by atoms with Crippen LogP contribution in [0.15, 0.2) is 36.7 Å². The SMILES string of the molecule is CCCN(Cc1ccccc1O)C(=O)Cn1cc(C)cn1. The van der Waals surface area contributed by atoms with Crippen molar-refractivity contribution in [3.8, 4) is 5.75 Å². The van der Waals surface area contributed by atoms with Gasteiger partial charge in [0.2, 0.25) is 5.91 Å². The third-order valence-electron chi connectivity index (χ3n) is 3.26. The number of hydrogen-bond donors (Lipinski definition) is 1. The van der Waals surface area contributed by atoms with Crippen LogP contribution in [0.25, 0.3) is 0 Å². The third-order valence-corrected chi connectivity index (χ3v) is 3.26. The van der Waals surface area contributed by atoms with E-state index in [4.69, 9.17) is 0 Å². The number of aromatic nitrogens is 2. The molecule has 1 aromatic heterocycles. The van der Waals surface area contributed by atoms with Crippen LogP contribution in [-0.2, 0) is 17.9 Å². The first kappa shape index (κ1) is 15.1. The predicted octanol–water partition coefficient (Wildman–Crippen LogP) is 2.34. The maximum absolute atomic E-state index is 12.4. The highest BCUT2D eigenvalue weighted by molar-refractivity contribution is 5.76. The second kappa shape index (κ2) is 6.92. The third kappa shape index (κ3) is 4.08. The molecule has 5 heteroatoms. The van der Waals surface area contributed by atoms with Gasteiger partial charge in [0.25, 0.3) is 0 Å². The van der Waals surface area contributed by atoms with E-state index >= 15 is 0 Å². The Morgan fingerprint density at radius 1 is 1.38 bits per heavy atom. The molecule has 2 aromatic rings. The summed E-state index contributed by atoms with van der Waals surface area (Å²) < 4.78 is 1.64. The van der Waals surface area contributed by atoms with E-state index in [0.29, 0.717) is 13.1 Å². The Bertz CT molecular complexity index is 607. The molecule has 0 saturated carbocycles. The summed E-state index contributed by atoms with van der Waals surface area (Å²) in [6.07, 6.45) is 4.46. The summed E-state index contributed by atoms with van der Waals surface area (Å²) in [6.45, 7) is 5.28. The highest BCUT2D eigenvalue weighted by atomic mass is 16.3. The number of phenols is 1. The Hall–Kier alpha value is -2.30. The van der Waals surface area contributed by atoms with Gasteiger partial charge < -0.3 is 10.0 Å². The monoisotopic (exact) mass is 287 g/mol. The van der Waals surface area contributed by atoms with Gasteiger partial charge >= 0.3 is 0 Å². The van der Waals surface area contributed by atoms with E-state index < -0.39 is 0 Å². The molecule has 2 rings (SSSR count). The van der Waals surface area contributed by atoms with Crippen LogP contribution in [0.4, 0.5) is 0 Å². The lowest BCUT2D eigenvalue weighted by molar-refractivity contribution is -0.132. The molecule has 0 aliphatic carbocycles. The van der Waals surface area contributed by atoms with E-state index in [1.807, 2.05) is 32.2 Å². The standard InChI is InChI=1S/C16H21N3O2/c1-3-8-18(11-14-6-4-5-7-15(14)20)16(21)12-19-10-13(2)9-17-19/h4-7,9-10,20H,3,8,11-12H2,1-2H3. The van der Waals surface area contributed by atoms with Gasteiger partial charge in [0.1, 0.15) is 12.3 Å². The minimum atomic E-state index is 0.00297. The first-order valence-corrected chi connectivity index (χ1v) is 7.14. The highest BCUT2D eigenvalue weighted by Gasteiger charge is 2.15. The largest absolute Gasteiger partial charge is 0.508 e. The minimum absolute atomic E-state index is 0.00297. The van der Waals surface area contributed by atoms with Gasteiger partial charge in [0.15, 0.2) is 0 Å². The van der Waals surface area contributed by atoms with E-state index in [2.05, 4.69) is 5.10 Å². The Balaban J connectivity index is 2.07. The van der Waals surface area contributed by atoms with Gasteiger partial charge in [-0.3, -0.25) is 9.48 Å². The van der Waals surface area contributed by atoms with Crippen LogP contribution in [0, 0.1) is 6.92 Å². The number of benzene rings is 1. The molecule has 0 saturated heterocycles. The number of phenolic OH excluding ortho intramolecular Hbond substituents is 1. The molecule has 0 atom stereocenters. The molecule has 0 fully saturated rings. The number of hydrogen-bond acceptors (Lipinski definition) is 3. The molecule has 0 bridgehead atoms. The molecule has 0 unspecified atom stereocenters. The van der Waals surface area contributed by atoms with Gasteiger partial charge in [-0.1, -0.05) is 25.1 Å². The van der Waals surface area contributed by atoms with E-state index in [1.165, 1.54) is 0 Å². The number of carbonyl (C=O) groups excluding carboxylic acids is 1. The lowest BCUT2D eigenvalue weighted by Crippen LogP contribution is -2.34. The van der Waals surface area contributed by atoms with Crippen molar-refractivity contribution in [2.75, 3.05) is 6.54 Å². The highest BCUT2D eigenvalue weighted by Crippen LogP contribution is 2.18. The fourth-order valence-corrected chi connectivity index (χ4v) is 2.20. The summed E-state index contributed by atoms with van der Waals surface area (Å²) in [4.78, 5) is 14.2. The number of nitrogens with zero attached hydrogens (tertiary/aromatic N) is 3. The molecule has 1 amide bonds. The molecule has 112 valence electrons. The van der Waals surface area contributed by atoms with E-state index in [-0.39, 0.29) is 18.2 Å². The number of aryl methyl sites for hydroxylation is 1. The zero-order valence-corrected chi connectivity index (χ0v) is 12.5. The van der Waals surface area contributed by atoms with E-state index in [0.717, 1.165) is 17.5 Å². The lowest BCUT2D eigenvalue weighted by atomic mass is 10.2. The van der Waals surface area contributed by atoms with Crippen molar-refractivity contribution in [2.24, 2.45) is 0 Å². The van der Waals surface area contributed by atoms with Crippen LogP contribution in [0.5, 0.6) is 5.75 Å². The Morgan fingerprint density at radius 3 is 2.76 bits per heavy atom. The van der Waals surface area contributed by atoms with Crippen molar-refractivity contribution in [1.82, 2.24) is 14.7 Å². The van der Waals surface area contributed by atoms with Crippen LogP contribution < -0.4 is 0 Å². The molecule has 1 heterocycles. The first-order valence-electron chi connectivity index (χ1n) is 7.14. The topological polar surface area (TPSA) is 58.4 Å². The molecular weight excluding hydrogens is 266 g/mol. The zero-order valence-electron chi connectivity index (χ0n) is 12.5. The summed E-state index contributed by atoms with van der Waals surface area (Å²) in [5, 5.41) is 14.0. The van der Waals surface area contributed by atoms with E-state index in [1.54, 1.807) is 27.9 Å². The average Bonchev–Trinajstić information content (AvgIpc) is 2.86. The summed E-state index contributed by atoms with van der Waals surface area (Å²) in [7, 11) is 0. The average molecular weight is 287 g/mol. The van der Waals surface area contributed by atoms with Crippen LogP contribution in [0.2, 0.25) is 0 Å².